The number of hydrogen-bond donors (Lipinski definition) is 2. The Balaban J connectivity index is 2.28. The second-order valence-corrected chi connectivity index (χ2v) is 5.03. The van der Waals surface area contributed by atoms with Crippen LogP contribution in [0.4, 0.5) is 10.1 Å². The number of carboxylic acid groups (broad SMARTS) is 1. The lowest BCUT2D eigenvalue weighted by atomic mass is 10.1. The Bertz CT molecular complexity index is 883. The molecular weight excluding hydrogens is 319 g/mol. The number of pyridine rings is 1. The fourth-order valence-electron chi connectivity index (χ4n) is 1.82. The molecule has 3 aromatic rings. The number of rotatable bonds is 2. The topological polar surface area (TPSA) is 102 Å². The summed E-state index contributed by atoms with van der Waals surface area (Å²) < 4.78 is 22.3. The Labute approximate surface area is 126 Å². The van der Waals surface area contributed by atoms with Crippen molar-refractivity contribution in [3.05, 3.63) is 34.7 Å². The first-order chi connectivity index (χ1) is 9.99. The molecule has 6 nitrogen and oxygen atoms in total. The maximum atomic E-state index is 14.2. The number of halogens is 2. The van der Waals surface area contributed by atoms with Crippen LogP contribution in [0.3, 0.4) is 0 Å². The zero-order valence-electron chi connectivity index (χ0n) is 10.2. The third-order valence-electron chi connectivity index (χ3n) is 2.84. The minimum Gasteiger partial charge on any atom is -0.476 e. The fourth-order valence-corrected chi connectivity index (χ4v) is 2.55. The fraction of sp³-hybridized carbons (Fsp3) is 0. The second-order valence-electron chi connectivity index (χ2n) is 4.12. The van der Waals surface area contributed by atoms with Crippen molar-refractivity contribution in [2.45, 2.75) is 0 Å². The first-order valence-electron chi connectivity index (χ1n) is 5.59. The van der Waals surface area contributed by atoms with Crippen molar-refractivity contribution < 1.29 is 14.3 Å². The summed E-state index contributed by atoms with van der Waals surface area (Å²) in [4.78, 5) is 14.9. The molecule has 0 atom stereocenters. The summed E-state index contributed by atoms with van der Waals surface area (Å²) >= 11 is 6.72. The summed E-state index contributed by atoms with van der Waals surface area (Å²) in [5.41, 5.74) is 5.94. The second kappa shape index (κ2) is 4.90. The van der Waals surface area contributed by atoms with Gasteiger partial charge < -0.3 is 10.8 Å². The molecule has 0 amide bonds. The van der Waals surface area contributed by atoms with Crippen molar-refractivity contribution >= 4 is 46.0 Å². The number of anilines is 1. The highest BCUT2D eigenvalue weighted by atomic mass is 35.5. The van der Waals surface area contributed by atoms with Gasteiger partial charge in [-0.15, -0.1) is 0 Å². The van der Waals surface area contributed by atoms with E-state index in [2.05, 4.69) is 13.7 Å². The number of nitrogen functional groups attached to an aromatic ring is 1. The highest BCUT2D eigenvalue weighted by Crippen LogP contribution is 2.32. The van der Waals surface area contributed by atoms with E-state index in [-0.39, 0.29) is 5.69 Å². The van der Waals surface area contributed by atoms with Crippen LogP contribution in [0.2, 0.25) is 5.02 Å². The van der Waals surface area contributed by atoms with Crippen LogP contribution in [-0.4, -0.2) is 24.8 Å². The molecular formula is C12H6ClFN4O2S. The number of hydrogen-bond acceptors (Lipinski definition) is 6. The van der Waals surface area contributed by atoms with Gasteiger partial charge in [-0.2, -0.15) is 8.75 Å². The van der Waals surface area contributed by atoms with Crippen molar-refractivity contribution in [1.29, 1.82) is 0 Å². The Morgan fingerprint density at radius 1 is 1.33 bits per heavy atom. The summed E-state index contributed by atoms with van der Waals surface area (Å²) in [7, 11) is 0. The van der Waals surface area contributed by atoms with Crippen molar-refractivity contribution in [3.8, 4) is 11.3 Å². The zero-order valence-corrected chi connectivity index (χ0v) is 11.7. The van der Waals surface area contributed by atoms with E-state index in [1.165, 1.54) is 0 Å². The molecule has 0 aliphatic carbocycles. The smallest absolute Gasteiger partial charge is 0.356 e. The highest BCUT2D eigenvalue weighted by Gasteiger charge is 2.22. The van der Waals surface area contributed by atoms with Crippen LogP contribution in [0.1, 0.15) is 10.5 Å². The molecule has 2 heterocycles. The van der Waals surface area contributed by atoms with Crippen LogP contribution in [0.25, 0.3) is 22.3 Å². The summed E-state index contributed by atoms with van der Waals surface area (Å²) in [6.45, 7) is 0. The van der Waals surface area contributed by atoms with Crippen LogP contribution in [0.5, 0.6) is 0 Å². The van der Waals surface area contributed by atoms with Crippen molar-refractivity contribution in [3.63, 3.8) is 0 Å². The Morgan fingerprint density at radius 2 is 2.05 bits per heavy atom. The quantitative estimate of drug-likeness (QED) is 0.751. The van der Waals surface area contributed by atoms with Crippen molar-refractivity contribution in [1.82, 2.24) is 13.7 Å². The first-order valence-corrected chi connectivity index (χ1v) is 6.70. The van der Waals surface area contributed by atoms with Crippen LogP contribution in [0, 0.1) is 5.82 Å². The lowest BCUT2D eigenvalue weighted by Gasteiger charge is -2.09. The van der Waals surface area contributed by atoms with Crippen LogP contribution in [0.15, 0.2) is 18.2 Å². The molecule has 0 bridgehead atoms. The number of aromatic nitrogens is 3. The van der Waals surface area contributed by atoms with Crippen LogP contribution < -0.4 is 5.73 Å². The maximum absolute atomic E-state index is 14.2. The lowest BCUT2D eigenvalue weighted by Crippen LogP contribution is -2.08. The number of fused-ring (bicyclic) bond motifs is 1. The third-order valence-corrected chi connectivity index (χ3v) is 3.78. The van der Waals surface area contributed by atoms with Gasteiger partial charge in [0, 0.05) is 5.56 Å². The molecule has 0 saturated heterocycles. The molecule has 3 rings (SSSR count). The van der Waals surface area contributed by atoms with E-state index >= 15 is 0 Å². The number of nitrogens with zero attached hydrogens (tertiary/aromatic N) is 3. The summed E-state index contributed by atoms with van der Waals surface area (Å²) in [5.74, 6) is -2.25. The SMILES string of the molecule is Nc1c(F)c(-c2ccc3nsnc3c2)nc(C(=O)O)c1Cl. The number of aromatic carboxylic acids is 1. The number of carbonyl (C=O) groups is 1. The van der Waals surface area contributed by atoms with Gasteiger partial charge in [-0.25, -0.2) is 14.2 Å². The summed E-state index contributed by atoms with van der Waals surface area (Å²) in [6.07, 6.45) is 0. The largest absolute Gasteiger partial charge is 0.476 e. The molecule has 1 aromatic carbocycles. The minimum atomic E-state index is -1.38. The standard InChI is InChI=1S/C12H6ClFN4O2S/c13-7-9(15)8(14)10(16-11(7)12(19)20)4-1-2-5-6(3-4)18-21-17-5/h1-3H,(H2,15,16)(H,19,20). The molecule has 9 heteroatoms. The molecule has 0 radical (unpaired) electrons. The van der Waals surface area contributed by atoms with E-state index in [9.17, 15) is 9.18 Å². The molecule has 0 spiro atoms. The molecule has 106 valence electrons. The lowest BCUT2D eigenvalue weighted by molar-refractivity contribution is 0.0691. The molecule has 0 aliphatic heterocycles. The van der Waals surface area contributed by atoms with Gasteiger partial charge in [0.1, 0.15) is 16.7 Å². The monoisotopic (exact) mass is 324 g/mol. The van der Waals surface area contributed by atoms with Gasteiger partial charge in [0.2, 0.25) is 0 Å². The summed E-state index contributed by atoms with van der Waals surface area (Å²) in [6, 6.07) is 4.76. The van der Waals surface area contributed by atoms with E-state index in [1.807, 2.05) is 0 Å². The zero-order chi connectivity index (χ0) is 15.1. The van der Waals surface area contributed by atoms with Gasteiger partial charge in [-0.1, -0.05) is 17.7 Å². The molecule has 3 N–H and O–H groups in total. The highest BCUT2D eigenvalue weighted by molar-refractivity contribution is 7.00. The van der Waals surface area contributed by atoms with Gasteiger partial charge in [0.05, 0.1) is 22.4 Å². The Hall–Kier alpha value is -2.32. The van der Waals surface area contributed by atoms with E-state index in [4.69, 9.17) is 22.4 Å². The van der Waals surface area contributed by atoms with E-state index in [0.29, 0.717) is 16.6 Å². The number of carboxylic acids is 1. The molecule has 0 aliphatic rings. The maximum Gasteiger partial charge on any atom is 0.356 e. The average molecular weight is 325 g/mol. The normalized spacial score (nSPS) is 11.0. The Kier molecular flexibility index (Phi) is 3.19. The van der Waals surface area contributed by atoms with E-state index in [0.717, 1.165) is 11.7 Å². The third kappa shape index (κ3) is 2.18. The van der Waals surface area contributed by atoms with Crippen LogP contribution in [-0.2, 0) is 0 Å². The first kappa shape index (κ1) is 13.7. The molecule has 2 aromatic heterocycles. The van der Waals surface area contributed by atoms with Gasteiger partial charge in [0.25, 0.3) is 0 Å². The van der Waals surface area contributed by atoms with E-state index < -0.39 is 28.2 Å². The van der Waals surface area contributed by atoms with Crippen molar-refractivity contribution in [2.24, 2.45) is 0 Å². The number of benzene rings is 1. The molecule has 0 fully saturated rings. The number of nitrogens with two attached hydrogens (primary N) is 1. The average Bonchev–Trinajstić information content (AvgIpc) is 2.92. The predicted octanol–water partition coefficient (Wildman–Crippen LogP) is 2.83. The molecule has 21 heavy (non-hydrogen) atoms. The predicted molar refractivity (Wildman–Crippen MR) is 77.0 cm³/mol. The van der Waals surface area contributed by atoms with Gasteiger partial charge in [-0.05, 0) is 12.1 Å². The van der Waals surface area contributed by atoms with Gasteiger partial charge >= 0.3 is 5.97 Å². The summed E-state index contributed by atoms with van der Waals surface area (Å²) in [5, 5.41) is 8.63. The minimum absolute atomic E-state index is 0.191. The Morgan fingerprint density at radius 3 is 2.76 bits per heavy atom. The van der Waals surface area contributed by atoms with Gasteiger partial charge in [0.15, 0.2) is 11.5 Å². The van der Waals surface area contributed by atoms with Crippen LogP contribution >= 0.6 is 23.3 Å². The molecule has 0 saturated carbocycles. The van der Waals surface area contributed by atoms with E-state index in [1.54, 1.807) is 18.2 Å². The van der Waals surface area contributed by atoms with Gasteiger partial charge in [-0.3, -0.25) is 0 Å². The molecule has 0 unspecified atom stereocenters. The van der Waals surface area contributed by atoms with Crippen molar-refractivity contribution in [2.75, 3.05) is 5.73 Å².